The third-order valence-electron chi connectivity index (χ3n) is 4.93. The highest BCUT2D eigenvalue weighted by Crippen LogP contribution is 2.38. The number of carbonyl (C=O) groups is 1. The molecular formula is C20H18N2O6. The van der Waals surface area contributed by atoms with Crippen LogP contribution in [0, 0.1) is 10.1 Å². The van der Waals surface area contributed by atoms with E-state index in [1.54, 1.807) is 12.1 Å². The molecule has 2 aliphatic rings. The topological polar surface area (TPSA) is 106 Å². The number of carbonyl (C=O) groups excluding carboxylic acids is 1. The summed E-state index contributed by atoms with van der Waals surface area (Å²) in [7, 11) is 0. The number of nitrogens with zero attached hydrogens (tertiary/aromatic N) is 1. The lowest BCUT2D eigenvalue weighted by molar-refractivity contribution is -0.921. The molecule has 8 heteroatoms. The number of nitro benzene ring substituents is 1. The van der Waals surface area contributed by atoms with Crippen LogP contribution in [-0.4, -0.2) is 37.0 Å². The van der Waals surface area contributed by atoms with Gasteiger partial charge in [0.2, 0.25) is 5.78 Å². The molecule has 1 saturated heterocycles. The fourth-order valence-corrected chi connectivity index (χ4v) is 3.39. The number of ether oxygens (including phenoxy) is 2. The number of nitro groups is 1. The van der Waals surface area contributed by atoms with Gasteiger partial charge in [0.25, 0.3) is 5.69 Å². The minimum atomic E-state index is -0.486. The lowest BCUT2D eigenvalue weighted by Gasteiger charge is -2.26. The molecule has 0 saturated carbocycles. The van der Waals surface area contributed by atoms with Crippen LogP contribution in [0.15, 0.2) is 42.2 Å². The number of benzene rings is 2. The molecule has 0 bridgehead atoms. The van der Waals surface area contributed by atoms with Crippen LogP contribution in [0.5, 0.6) is 11.5 Å². The fraction of sp³-hybridized carbons (Fsp3) is 0.250. The average Bonchev–Trinajstić information content (AvgIpc) is 3.01. The number of allylic oxidation sites excluding steroid dienone is 1. The summed E-state index contributed by atoms with van der Waals surface area (Å²) in [4.78, 5) is 24.2. The molecule has 8 nitrogen and oxygen atoms in total. The third-order valence-corrected chi connectivity index (χ3v) is 4.93. The van der Waals surface area contributed by atoms with Crippen molar-refractivity contribution in [3.63, 3.8) is 0 Å². The minimum absolute atomic E-state index is 0.0316. The van der Waals surface area contributed by atoms with Crippen molar-refractivity contribution in [1.82, 2.24) is 0 Å². The second-order valence-electron chi connectivity index (χ2n) is 6.75. The van der Waals surface area contributed by atoms with Gasteiger partial charge in [0.15, 0.2) is 5.76 Å². The standard InChI is InChI=1S/C20H18N2O6/c23-17-6-5-15-19(24)18(11-13-1-3-14(4-2-13)22(25)26)28-20(15)16(17)12-21-7-9-27-10-8-21/h1-6,11,23H,7-10,12H2. The molecule has 2 aromatic carbocycles. The molecule has 1 N–H and O–H groups in total. The Balaban J connectivity index is 1.62. The predicted octanol–water partition coefficient (Wildman–Crippen LogP) is 0.700. The van der Waals surface area contributed by atoms with Gasteiger partial charge in [0, 0.05) is 17.7 Å². The fourth-order valence-electron chi connectivity index (χ4n) is 3.39. The van der Waals surface area contributed by atoms with Gasteiger partial charge < -0.3 is 19.5 Å². The molecule has 144 valence electrons. The number of morpholine rings is 1. The maximum atomic E-state index is 12.7. The monoisotopic (exact) mass is 382 g/mol. The predicted molar refractivity (Wildman–Crippen MR) is 97.1 cm³/mol. The summed E-state index contributed by atoms with van der Waals surface area (Å²) in [5, 5.41) is 23.2. The van der Waals surface area contributed by atoms with Gasteiger partial charge in [-0.3, -0.25) is 14.9 Å². The molecule has 4 rings (SSSR count). The van der Waals surface area contributed by atoms with Gasteiger partial charge in [0.1, 0.15) is 25.4 Å². The number of ketones is 1. The quantitative estimate of drug-likeness (QED) is 0.474. The van der Waals surface area contributed by atoms with Crippen molar-refractivity contribution < 1.29 is 29.2 Å². The Morgan fingerprint density at radius 1 is 1.11 bits per heavy atom. The van der Waals surface area contributed by atoms with E-state index in [9.17, 15) is 20.0 Å². The summed E-state index contributed by atoms with van der Waals surface area (Å²) < 4.78 is 11.1. The highest BCUT2D eigenvalue weighted by molar-refractivity contribution is 6.14. The highest BCUT2D eigenvalue weighted by Gasteiger charge is 2.31. The van der Waals surface area contributed by atoms with Crippen molar-refractivity contribution in [3.05, 3.63) is 69.0 Å². The number of Topliss-reactive ketones (excluding diaryl/α,β-unsaturated/α-hetero) is 1. The Labute approximate surface area is 160 Å². The number of hydrogen-bond acceptors (Lipinski definition) is 6. The molecule has 0 aliphatic carbocycles. The molecule has 2 aliphatic heterocycles. The van der Waals surface area contributed by atoms with Crippen LogP contribution in [0.2, 0.25) is 0 Å². The Kier molecular flexibility index (Phi) is 4.81. The zero-order valence-corrected chi connectivity index (χ0v) is 15.0. The van der Waals surface area contributed by atoms with Gasteiger partial charge >= 0.3 is 0 Å². The van der Waals surface area contributed by atoms with Crippen molar-refractivity contribution in [1.29, 1.82) is 0 Å². The smallest absolute Gasteiger partial charge is 0.269 e. The van der Waals surface area contributed by atoms with Gasteiger partial charge in [0.05, 0.1) is 23.7 Å². The van der Waals surface area contributed by atoms with Crippen LogP contribution in [0.25, 0.3) is 6.08 Å². The van der Waals surface area contributed by atoms with Crippen molar-refractivity contribution >= 4 is 17.5 Å². The van der Waals surface area contributed by atoms with Crippen LogP contribution < -0.4 is 14.7 Å². The molecule has 28 heavy (non-hydrogen) atoms. The highest BCUT2D eigenvalue weighted by atomic mass is 16.6. The molecule has 0 radical (unpaired) electrons. The first-order chi connectivity index (χ1) is 13.5. The van der Waals surface area contributed by atoms with Gasteiger partial charge in [-0.15, -0.1) is 0 Å². The second kappa shape index (κ2) is 7.41. The van der Waals surface area contributed by atoms with E-state index in [0.29, 0.717) is 42.2 Å². The van der Waals surface area contributed by atoms with Gasteiger partial charge in [-0.25, -0.2) is 0 Å². The Bertz CT molecular complexity index is 961. The van der Waals surface area contributed by atoms with E-state index >= 15 is 0 Å². The molecule has 2 aromatic rings. The van der Waals surface area contributed by atoms with Crippen LogP contribution in [0.3, 0.4) is 0 Å². The van der Waals surface area contributed by atoms with Crippen LogP contribution in [-0.2, 0) is 11.3 Å². The number of quaternary nitrogens is 1. The SMILES string of the molecule is O=C1C(=Cc2ccc([N+](=O)[O-])cc2)Oc2c1ccc([O-])c2C[NH+]1CCOCC1. The zero-order valence-electron chi connectivity index (χ0n) is 15.0. The number of hydrogen-bond donors (Lipinski definition) is 1. The molecule has 0 aromatic heterocycles. The summed E-state index contributed by atoms with van der Waals surface area (Å²) in [6.45, 7) is 3.35. The van der Waals surface area contributed by atoms with E-state index in [1.165, 1.54) is 35.2 Å². The van der Waals surface area contributed by atoms with E-state index in [0.717, 1.165) is 13.1 Å². The summed E-state index contributed by atoms with van der Waals surface area (Å²) in [6, 6.07) is 8.72. The lowest BCUT2D eigenvalue weighted by Crippen LogP contribution is -3.12. The normalized spacial score (nSPS) is 18.1. The zero-order chi connectivity index (χ0) is 19.7. The van der Waals surface area contributed by atoms with Crippen molar-refractivity contribution in [2.24, 2.45) is 0 Å². The van der Waals surface area contributed by atoms with Crippen LogP contribution >= 0.6 is 0 Å². The molecule has 2 heterocycles. The van der Waals surface area contributed by atoms with Crippen molar-refractivity contribution in [2.75, 3.05) is 26.3 Å². The first-order valence-electron chi connectivity index (χ1n) is 8.96. The van der Waals surface area contributed by atoms with Gasteiger partial charge in [-0.2, -0.15) is 0 Å². The molecule has 0 spiro atoms. The molecule has 0 amide bonds. The first-order valence-corrected chi connectivity index (χ1v) is 8.96. The Hall–Kier alpha value is -3.23. The molecular weight excluding hydrogens is 364 g/mol. The molecule has 0 unspecified atom stereocenters. The summed E-state index contributed by atoms with van der Waals surface area (Å²) >= 11 is 0. The Morgan fingerprint density at radius 3 is 2.50 bits per heavy atom. The Morgan fingerprint density at radius 2 is 1.82 bits per heavy atom. The summed E-state index contributed by atoms with van der Waals surface area (Å²) in [5.74, 6) is -0.0222. The second-order valence-corrected chi connectivity index (χ2v) is 6.75. The van der Waals surface area contributed by atoms with E-state index in [4.69, 9.17) is 9.47 Å². The van der Waals surface area contributed by atoms with Crippen molar-refractivity contribution in [3.8, 4) is 11.5 Å². The molecule has 0 atom stereocenters. The van der Waals surface area contributed by atoms with Crippen LogP contribution in [0.1, 0.15) is 21.5 Å². The van der Waals surface area contributed by atoms with Crippen molar-refractivity contribution in [2.45, 2.75) is 6.54 Å². The largest absolute Gasteiger partial charge is 0.872 e. The number of nitrogens with one attached hydrogen (secondary N) is 1. The maximum absolute atomic E-state index is 12.7. The first kappa shape index (κ1) is 18.1. The maximum Gasteiger partial charge on any atom is 0.269 e. The molecule has 1 fully saturated rings. The summed E-state index contributed by atoms with van der Waals surface area (Å²) in [5.41, 5.74) is 1.44. The van der Waals surface area contributed by atoms with Crippen LogP contribution in [0.4, 0.5) is 5.69 Å². The number of non-ortho nitro benzene ring substituents is 1. The van der Waals surface area contributed by atoms with E-state index in [-0.39, 0.29) is 23.0 Å². The summed E-state index contributed by atoms with van der Waals surface area (Å²) in [6.07, 6.45) is 1.53. The number of fused-ring (bicyclic) bond motifs is 1. The van der Waals surface area contributed by atoms with E-state index in [2.05, 4.69) is 0 Å². The van der Waals surface area contributed by atoms with E-state index < -0.39 is 4.92 Å². The van der Waals surface area contributed by atoms with E-state index in [1.807, 2.05) is 0 Å². The van der Waals surface area contributed by atoms with Gasteiger partial charge in [-0.1, -0.05) is 11.8 Å². The third kappa shape index (κ3) is 3.47. The van der Waals surface area contributed by atoms with Gasteiger partial charge in [-0.05, 0) is 29.8 Å². The lowest BCUT2D eigenvalue weighted by atomic mass is 10.0. The minimum Gasteiger partial charge on any atom is -0.872 e. The average molecular weight is 382 g/mol. The number of rotatable bonds is 4.